The van der Waals surface area contributed by atoms with Gasteiger partial charge in [0.15, 0.2) is 0 Å². The largest absolute Gasteiger partial charge is 0.390 e. The highest BCUT2D eigenvalue weighted by Crippen LogP contribution is 2.25. The molecule has 0 spiro atoms. The van der Waals surface area contributed by atoms with Crippen molar-refractivity contribution in [3.63, 3.8) is 0 Å². The highest BCUT2D eigenvalue weighted by atomic mass is 19.4. The Kier molecular flexibility index (Phi) is 5.17. The van der Waals surface area contributed by atoms with E-state index in [2.05, 4.69) is 10.3 Å². The van der Waals surface area contributed by atoms with Crippen LogP contribution in [-0.4, -0.2) is 31.8 Å². The lowest BCUT2D eigenvalue weighted by Gasteiger charge is -2.23. The summed E-state index contributed by atoms with van der Waals surface area (Å²) in [5.41, 5.74) is 2.79. The fraction of sp³-hybridized carbons (Fsp3) is 0.615. The molecule has 0 saturated carbocycles. The molecule has 1 rings (SSSR count). The van der Waals surface area contributed by atoms with Crippen LogP contribution < -0.4 is 10.2 Å². The summed E-state index contributed by atoms with van der Waals surface area (Å²) in [4.78, 5) is 5.94. The minimum Gasteiger partial charge on any atom is -0.359 e. The second kappa shape index (κ2) is 6.23. The highest BCUT2D eigenvalue weighted by Gasteiger charge is 2.27. The van der Waals surface area contributed by atoms with Crippen LogP contribution >= 0.6 is 0 Å². The fourth-order valence-corrected chi connectivity index (χ4v) is 1.95. The summed E-state index contributed by atoms with van der Waals surface area (Å²) >= 11 is 0. The minimum atomic E-state index is -4.14. The molecule has 6 heteroatoms. The van der Waals surface area contributed by atoms with Gasteiger partial charge < -0.3 is 10.2 Å². The first-order valence-corrected chi connectivity index (χ1v) is 6.14. The molecule has 0 aliphatic heterocycles. The third kappa shape index (κ3) is 4.70. The van der Waals surface area contributed by atoms with Crippen molar-refractivity contribution in [2.45, 2.75) is 33.0 Å². The maximum Gasteiger partial charge on any atom is 0.390 e. The van der Waals surface area contributed by atoms with Gasteiger partial charge in [-0.05, 0) is 32.5 Å². The van der Waals surface area contributed by atoms with Gasteiger partial charge in [0.05, 0.1) is 6.42 Å². The van der Waals surface area contributed by atoms with Crippen LogP contribution in [0.3, 0.4) is 0 Å². The van der Waals surface area contributed by atoms with E-state index in [0.717, 1.165) is 16.8 Å². The van der Waals surface area contributed by atoms with E-state index in [1.54, 1.807) is 19.0 Å². The van der Waals surface area contributed by atoms with Crippen molar-refractivity contribution in [3.05, 3.63) is 22.9 Å². The molecule has 0 fully saturated rings. The van der Waals surface area contributed by atoms with E-state index in [9.17, 15) is 13.2 Å². The van der Waals surface area contributed by atoms with Crippen molar-refractivity contribution in [3.8, 4) is 0 Å². The van der Waals surface area contributed by atoms with Gasteiger partial charge in [-0.3, -0.25) is 0 Å². The van der Waals surface area contributed by atoms with Crippen LogP contribution in [-0.2, 0) is 6.54 Å². The summed E-state index contributed by atoms with van der Waals surface area (Å²) in [5, 5.41) is 3.02. The maximum atomic E-state index is 12.3. The smallest absolute Gasteiger partial charge is 0.359 e. The number of rotatable bonds is 5. The van der Waals surface area contributed by atoms with E-state index in [0.29, 0.717) is 12.4 Å². The minimum absolute atomic E-state index is 0.0872. The lowest BCUT2D eigenvalue weighted by Crippen LogP contribution is -2.27. The average Bonchev–Trinajstić information content (AvgIpc) is 2.28. The Hall–Kier alpha value is -1.30. The van der Waals surface area contributed by atoms with Gasteiger partial charge in [-0.1, -0.05) is 0 Å². The number of hydrogen-bond donors (Lipinski definition) is 1. The summed E-state index contributed by atoms with van der Waals surface area (Å²) in [6, 6.07) is 1.94. The van der Waals surface area contributed by atoms with E-state index in [4.69, 9.17) is 0 Å². The number of nitrogens with one attached hydrogen (secondary N) is 1. The molecule has 0 amide bonds. The molecule has 0 aliphatic carbocycles. The molecule has 1 heterocycles. The fourth-order valence-electron chi connectivity index (χ4n) is 1.95. The molecule has 0 aliphatic rings. The maximum absolute atomic E-state index is 12.3. The third-order valence-corrected chi connectivity index (χ3v) is 2.90. The molecule has 0 saturated heterocycles. The Morgan fingerprint density at radius 2 is 1.95 bits per heavy atom. The van der Waals surface area contributed by atoms with Crippen molar-refractivity contribution >= 4 is 5.82 Å². The molecule has 1 N–H and O–H groups in total. The molecular weight excluding hydrogens is 255 g/mol. The van der Waals surface area contributed by atoms with Crippen molar-refractivity contribution in [1.82, 2.24) is 10.3 Å². The Morgan fingerprint density at radius 3 is 2.47 bits per heavy atom. The number of aryl methyl sites for hydroxylation is 2. The van der Waals surface area contributed by atoms with Gasteiger partial charge in [-0.15, -0.1) is 0 Å². The van der Waals surface area contributed by atoms with E-state index in [1.807, 2.05) is 19.9 Å². The quantitative estimate of drug-likeness (QED) is 0.895. The van der Waals surface area contributed by atoms with Gasteiger partial charge >= 0.3 is 6.18 Å². The van der Waals surface area contributed by atoms with Gasteiger partial charge in [0, 0.05) is 31.4 Å². The Morgan fingerprint density at radius 1 is 1.32 bits per heavy atom. The van der Waals surface area contributed by atoms with E-state index >= 15 is 0 Å². The molecule has 0 unspecified atom stereocenters. The Balaban J connectivity index is 2.97. The molecule has 0 atom stereocenters. The van der Waals surface area contributed by atoms with Crippen LogP contribution in [0.1, 0.15) is 23.2 Å². The molecule has 0 radical (unpaired) electrons. The topological polar surface area (TPSA) is 28.2 Å². The number of nitrogens with zero attached hydrogens (tertiary/aromatic N) is 2. The summed E-state index contributed by atoms with van der Waals surface area (Å²) < 4.78 is 36.8. The van der Waals surface area contributed by atoms with Crippen LogP contribution in [0.15, 0.2) is 6.07 Å². The lowest BCUT2D eigenvalue weighted by atomic mass is 10.1. The highest BCUT2D eigenvalue weighted by molar-refractivity contribution is 5.51. The standard InChI is InChI=1S/C13H20F3N3/c1-9-7-10(2)18-12(11(9)8-17-3)19(4)6-5-13(14,15)16/h7,17H,5-6,8H2,1-4H3. The molecule has 1 aromatic rings. The van der Waals surface area contributed by atoms with Crippen molar-refractivity contribution in [2.24, 2.45) is 0 Å². The van der Waals surface area contributed by atoms with E-state index in [1.165, 1.54) is 0 Å². The first kappa shape index (κ1) is 15.8. The number of alkyl halides is 3. The van der Waals surface area contributed by atoms with Crippen LogP contribution in [0.25, 0.3) is 0 Å². The molecule has 19 heavy (non-hydrogen) atoms. The summed E-state index contributed by atoms with van der Waals surface area (Å²) in [6.45, 7) is 4.29. The summed E-state index contributed by atoms with van der Waals surface area (Å²) in [5.74, 6) is 0.621. The molecule has 108 valence electrons. The third-order valence-electron chi connectivity index (χ3n) is 2.90. The number of anilines is 1. The van der Waals surface area contributed by atoms with Gasteiger partial charge in [0.25, 0.3) is 0 Å². The summed E-state index contributed by atoms with van der Waals surface area (Å²) in [7, 11) is 3.45. The van der Waals surface area contributed by atoms with Crippen LogP contribution in [0.5, 0.6) is 0 Å². The molecule has 3 nitrogen and oxygen atoms in total. The number of hydrogen-bond acceptors (Lipinski definition) is 3. The van der Waals surface area contributed by atoms with Crippen molar-refractivity contribution in [2.75, 3.05) is 25.5 Å². The van der Waals surface area contributed by atoms with E-state index in [-0.39, 0.29) is 6.54 Å². The molecular formula is C13H20F3N3. The van der Waals surface area contributed by atoms with Crippen LogP contribution in [0.2, 0.25) is 0 Å². The second-order valence-corrected chi connectivity index (χ2v) is 4.70. The molecule has 0 bridgehead atoms. The zero-order chi connectivity index (χ0) is 14.6. The second-order valence-electron chi connectivity index (χ2n) is 4.70. The zero-order valence-electron chi connectivity index (χ0n) is 11.7. The number of halogens is 3. The Bertz CT molecular complexity index is 430. The predicted octanol–water partition coefficient (Wildman–Crippen LogP) is 2.81. The van der Waals surface area contributed by atoms with Gasteiger partial charge in [0.2, 0.25) is 0 Å². The van der Waals surface area contributed by atoms with Crippen molar-refractivity contribution < 1.29 is 13.2 Å². The number of pyridine rings is 1. The summed E-state index contributed by atoms with van der Waals surface area (Å²) in [6.07, 6.45) is -4.98. The molecule has 1 aromatic heterocycles. The predicted molar refractivity (Wildman–Crippen MR) is 70.4 cm³/mol. The Labute approximate surface area is 111 Å². The van der Waals surface area contributed by atoms with Crippen LogP contribution in [0.4, 0.5) is 19.0 Å². The number of aromatic nitrogens is 1. The van der Waals surface area contributed by atoms with Gasteiger partial charge in [-0.2, -0.15) is 13.2 Å². The van der Waals surface area contributed by atoms with Gasteiger partial charge in [-0.25, -0.2) is 4.98 Å². The van der Waals surface area contributed by atoms with Crippen molar-refractivity contribution in [1.29, 1.82) is 0 Å². The first-order chi connectivity index (χ1) is 8.74. The SMILES string of the molecule is CNCc1c(C)cc(C)nc1N(C)CCC(F)(F)F. The monoisotopic (exact) mass is 275 g/mol. The lowest BCUT2D eigenvalue weighted by molar-refractivity contribution is -0.132. The van der Waals surface area contributed by atoms with Crippen LogP contribution in [0, 0.1) is 13.8 Å². The average molecular weight is 275 g/mol. The molecule has 0 aromatic carbocycles. The van der Waals surface area contributed by atoms with E-state index < -0.39 is 12.6 Å². The first-order valence-electron chi connectivity index (χ1n) is 6.14. The normalized spacial score (nSPS) is 11.7. The zero-order valence-corrected chi connectivity index (χ0v) is 11.7. The van der Waals surface area contributed by atoms with Gasteiger partial charge in [0.1, 0.15) is 5.82 Å².